The molecule has 2 N–H and O–H groups in total. The van der Waals surface area contributed by atoms with Gasteiger partial charge in [-0.25, -0.2) is 0 Å². The average Bonchev–Trinajstić information content (AvgIpc) is 3.18. The van der Waals surface area contributed by atoms with E-state index in [0.717, 1.165) is 42.7 Å². The van der Waals surface area contributed by atoms with E-state index in [1.807, 2.05) is 18.2 Å². The number of nitrogens with one attached hydrogen (secondary N) is 1. The first kappa shape index (κ1) is 19.2. The summed E-state index contributed by atoms with van der Waals surface area (Å²) in [7, 11) is 0. The van der Waals surface area contributed by atoms with E-state index in [9.17, 15) is 5.11 Å². The number of hydrogen-bond donors (Lipinski definition) is 2. The molecule has 28 heavy (non-hydrogen) atoms. The number of ether oxygens (including phenoxy) is 1. The second-order valence-electron chi connectivity index (χ2n) is 6.67. The number of halogens is 1. The minimum atomic E-state index is 0.126. The number of rotatable bonds is 6. The van der Waals surface area contributed by atoms with E-state index >= 15 is 0 Å². The summed E-state index contributed by atoms with van der Waals surface area (Å²) in [5, 5.41) is 22.9. The number of aromatic hydroxyl groups is 1. The summed E-state index contributed by atoms with van der Waals surface area (Å²) in [6, 6.07) is 14.8. The van der Waals surface area contributed by atoms with E-state index in [2.05, 4.69) is 21.6 Å². The predicted molar refractivity (Wildman–Crippen MR) is 107 cm³/mol. The molecule has 9 heteroatoms. The molecule has 0 spiro atoms. The van der Waals surface area contributed by atoms with Crippen LogP contribution in [0.4, 0.5) is 0 Å². The normalized spacial score (nSPS) is 19.6. The lowest BCUT2D eigenvalue weighted by atomic mass is 10.2. The molecule has 146 valence electrons. The summed E-state index contributed by atoms with van der Waals surface area (Å²) in [5.41, 5.74) is 1.98. The molecular formula is C19H21ClN5O2S+. The van der Waals surface area contributed by atoms with Gasteiger partial charge in [-0.05, 0) is 40.8 Å². The third kappa shape index (κ3) is 4.64. The van der Waals surface area contributed by atoms with Gasteiger partial charge in [-0.3, -0.25) is 0 Å². The summed E-state index contributed by atoms with van der Waals surface area (Å²) >= 11 is 7.88. The molecule has 2 aromatic carbocycles. The molecule has 3 aromatic rings. The van der Waals surface area contributed by atoms with Gasteiger partial charge in [0.15, 0.2) is 0 Å². The van der Waals surface area contributed by atoms with Crippen molar-refractivity contribution in [3.8, 4) is 11.4 Å². The number of phenolic OH excluding ortho intramolecular Hbond substituents is 1. The van der Waals surface area contributed by atoms with Crippen molar-refractivity contribution in [1.29, 1.82) is 0 Å². The zero-order valence-corrected chi connectivity index (χ0v) is 16.7. The fourth-order valence-corrected chi connectivity index (χ4v) is 4.33. The Labute approximate surface area is 172 Å². The van der Waals surface area contributed by atoms with Crippen LogP contribution in [0.1, 0.15) is 5.56 Å². The van der Waals surface area contributed by atoms with Crippen LogP contribution in [0.2, 0.25) is 5.02 Å². The smallest absolute Gasteiger partial charge is 0.214 e. The lowest BCUT2D eigenvalue weighted by Gasteiger charge is -2.30. The van der Waals surface area contributed by atoms with Gasteiger partial charge in [0.25, 0.3) is 0 Å². The summed E-state index contributed by atoms with van der Waals surface area (Å²) in [5.74, 6) is 0.980. The number of benzene rings is 2. The molecule has 0 saturated carbocycles. The van der Waals surface area contributed by atoms with E-state index in [4.69, 9.17) is 16.3 Å². The van der Waals surface area contributed by atoms with Crippen molar-refractivity contribution in [1.82, 2.24) is 20.2 Å². The quantitative estimate of drug-likeness (QED) is 0.592. The first-order chi connectivity index (χ1) is 13.7. The van der Waals surface area contributed by atoms with E-state index < -0.39 is 0 Å². The average molecular weight is 419 g/mol. The minimum absolute atomic E-state index is 0.126. The zero-order chi connectivity index (χ0) is 19.3. The van der Waals surface area contributed by atoms with Gasteiger partial charge >= 0.3 is 0 Å². The van der Waals surface area contributed by atoms with Crippen LogP contribution in [0.25, 0.3) is 5.69 Å². The molecule has 2 heterocycles. The number of nitrogens with zero attached hydrogens (tertiary/aromatic N) is 4. The van der Waals surface area contributed by atoms with Crippen molar-refractivity contribution in [2.75, 3.05) is 25.4 Å². The highest BCUT2D eigenvalue weighted by atomic mass is 35.5. The number of phenols is 1. The maximum Gasteiger partial charge on any atom is 0.214 e. The van der Waals surface area contributed by atoms with Crippen LogP contribution in [0, 0.1) is 0 Å². The molecule has 0 amide bonds. The van der Waals surface area contributed by atoms with Gasteiger partial charge in [0.2, 0.25) is 5.16 Å². The Hall–Kier alpha value is -2.13. The van der Waals surface area contributed by atoms with E-state index in [-0.39, 0.29) is 11.9 Å². The molecule has 0 bridgehead atoms. The number of quaternary nitrogens is 1. The summed E-state index contributed by atoms with van der Waals surface area (Å²) < 4.78 is 7.62. The molecular weight excluding hydrogens is 398 g/mol. The van der Waals surface area contributed by atoms with Crippen molar-refractivity contribution in [3.05, 3.63) is 59.1 Å². The summed E-state index contributed by atoms with van der Waals surface area (Å²) in [4.78, 5) is 1.46. The summed E-state index contributed by atoms with van der Waals surface area (Å²) in [6.45, 7) is 3.51. The van der Waals surface area contributed by atoms with Crippen molar-refractivity contribution < 1.29 is 14.7 Å². The lowest BCUT2D eigenvalue weighted by Crippen LogP contribution is -3.13. The Morgan fingerprint density at radius 1 is 1.21 bits per heavy atom. The van der Waals surface area contributed by atoms with Gasteiger partial charge < -0.3 is 14.7 Å². The third-order valence-corrected chi connectivity index (χ3v) is 6.08. The highest BCUT2D eigenvalue weighted by Gasteiger charge is 2.25. The monoisotopic (exact) mass is 418 g/mol. The number of hydrogen-bond acceptors (Lipinski definition) is 6. The maximum atomic E-state index is 9.45. The molecule has 4 rings (SSSR count). The van der Waals surface area contributed by atoms with E-state index in [0.29, 0.717) is 5.16 Å². The Balaban J connectivity index is 1.36. The van der Waals surface area contributed by atoms with Gasteiger partial charge in [-0.2, -0.15) is 4.68 Å². The van der Waals surface area contributed by atoms with Crippen LogP contribution in [-0.2, 0) is 11.3 Å². The van der Waals surface area contributed by atoms with Crippen LogP contribution >= 0.6 is 23.4 Å². The van der Waals surface area contributed by atoms with E-state index in [1.54, 1.807) is 40.7 Å². The number of morpholine rings is 1. The fraction of sp³-hybridized carbons (Fsp3) is 0.316. The molecule has 1 aliphatic rings. The van der Waals surface area contributed by atoms with Crippen molar-refractivity contribution in [3.63, 3.8) is 0 Å². The second-order valence-corrected chi connectivity index (χ2v) is 8.06. The van der Waals surface area contributed by atoms with Gasteiger partial charge in [0.1, 0.15) is 31.5 Å². The van der Waals surface area contributed by atoms with Crippen LogP contribution in [0.3, 0.4) is 0 Å². The molecule has 1 fully saturated rings. The second kappa shape index (κ2) is 8.91. The van der Waals surface area contributed by atoms with Gasteiger partial charge in [0.05, 0.1) is 12.3 Å². The van der Waals surface area contributed by atoms with Crippen LogP contribution in [-0.4, -0.2) is 56.9 Å². The van der Waals surface area contributed by atoms with Gasteiger partial charge in [0, 0.05) is 16.3 Å². The molecule has 0 aliphatic carbocycles. The molecule has 1 aromatic heterocycles. The van der Waals surface area contributed by atoms with Gasteiger partial charge in [-0.15, -0.1) is 5.10 Å². The first-order valence-electron chi connectivity index (χ1n) is 9.08. The molecule has 1 saturated heterocycles. The highest BCUT2D eigenvalue weighted by molar-refractivity contribution is 7.99. The zero-order valence-electron chi connectivity index (χ0n) is 15.2. The van der Waals surface area contributed by atoms with Crippen molar-refractivity contribution >= 4 is 23.4 Å². The van der Waals surface area contributed by atoms with Crippen molar-refractivity contribution in [2.24, 2.45) is 0 Å². The van der Waals surface area contributed by atoms with Crippen LogP contribution < -0.4 is 4.90 Å². The van der Waals surface area contributed by atoms with Gasteiger partial charge in [-0.1, -0.05) is 41.6 Å². The van der Waals surface area contributed by atoms with Crippen LogP contribution in [0.15, 0.2) is 53.7 Å². The summed E-state index contributed by atoms with van der Waals surface area (Å²) in [6.07, 6.45) is 0.126. The van der Waals surface area contributed by atoms with Crippen molar-refractivity contribution in [2.45, 2.75) is 17.8 Å². The Bertz CT molecular complexity index is 921. The topological polar surface area (TPSA) is 77.5 Å². The Morgan fingerprint density at radius 3 is 2.86 bits per heavy atom. The number of aromatic nitrogens is 4. The number of tetrazole rings is 1. The largest absolute Gasteiger partial charge is 0.508 e. The molecule has 1 unspecified atom stereocenters. The fourth-order valence-electron chi connectivity index (χ4n) is 3.22. The van der Waals surface area contributed by atoms with Crippen LogP contribution in [0.5, 0.6) is 5.75 Å². The Morgan fingerprint density at radius 2 is 2.04 bits per heavy atom. The third-order valence-electron chi connectivity index (χ3n) is 4.66. The molecule has 7 nitrogen and oxygen atoms in total. The molecule has 0 radical (unpaired) electrons. The predicted octanol–water partition coefficient (Wildman–Crippen LogP) is 1.60. The lowest BCUT2D eigenvalue weighted by molar-refractivity contribution is -0.924. The molecule has 1 aliphatic heterocycles. The number of thioether (sulfide) groups is 1. The Kier molecular flexibility index (Phi) is 6.11. The SMILES string of the molecule is Oc1ccc(-n2nnnc2SC[C@@H]2C[NH+](Cc3ccccc3Cl)CCO2)cc1. The van der Waals surface area contributed by atoms with E-state index in [1.165, 1.54) is 10.5 Å². The highest BCUT2D eigenvalue weighted by Crippen LogP contribution is 2.21. The minimum Gasteiger partial charge on any atom is -0.508 e. The molecule has 2 atom stereocenters. The maximum absolute atomic E-state index is 9.45. The first-order valence-corrected chi connectivity index (χ1v) is 10.4. The standard InChI is InChI=1S/C19H20ClN5O2S/c20-18-4-2-1-3-14(18)11-24-9-10-27-17(12-24)13-28-19-21-22-23-25(19)15-5-7-16(26)8-6-15/h1-8,17,26H,9-13H2/p+1/t17-/m0/s1.